The van der Waals surface area contributed by atoms with E-state index in [1.54, 1.807) is 34.2 Å². The molecule has 0 aliphatic heterocycles. The Kier molecular flexibility index (Phi) is 2.83. The molecule has 0 spiro atoms. The predicted octanol–water partition coefficient (Wildman–Crippen LogP) is 0.713. The number of rotatable bonds is 3. The summed E-state index contributed by atoms with van der Waals surface area (Å²) in [5.41, 5.74) is 4.34. The summed E-state index contributed by atoms with van der Waals surface area (Å²) in [7, 11) is 1.86. The van der Waals surface area contributed by atoms with Crippen molar-refractivity contribution in [3.05, 3.63) is 49.1 Å². The van der Waals surface area contributed by atoms with E-state index < -0.39 is 0 Å². The van der Waals surface area contributed by atoms with Gasteiger partial charge in [-0.05, 0) is 0 Å². The van der Waals surface area contributed by atoms with Gasteiger partial charge in [-0.15, -0.1) is 5.10 Å². The second-order valence-corrected chi connectivity index (χ2v) is 5.62. The van der Waals surface area contributed by atoms with Crippen molar-refractivity contribution in [3.63, 3.8) is 0 Å². The summed E-state index contributed by atoms with van der Waals surface area (Å²) >= 11 is 0. The summed E-state index contributed by atoms with van der Waals surface area (Å²) < 4.78 is 5.32. The van der Waals surface area contributed by atoms with Crippen LogP contribution in [0.4, 0.5) is 0 Å². The molecule has 0 aliphatic rings. The monoisotopic (exact) mass is 332 g/mol. The molecule has 10 nitrogen and oxygen atoms in total. The third-order valence-corrected chi connectivity index (χ3v) is 3.87. The first kappa shape index (κ1) is 13.7. The summed E-state index contributed by atoms with van der Waals surface area (Å²) in [6.07, 6.45) is 12.6. The molecular formula is C15H12N10. The molecule has 0 bridgehead atoms. The van der Waals surface area contributed by atoms with Crippen LogP contribution in [0.5, 0.6) is 0 Å². The topological polar surface area (TPSA) is 104 Å². The highest BCUT2D eigenvalue weighted by atomic mass is 15.5. The van der Waals surface area contributed by atoms with Gasteiger partial charge in [-0.3, -0.25) is 9.67 Å². The number of hydrogen-bond donors (Lipinski definition) is 0. The second kappa shape index (κ2) is 5.16. The SMILES string of the molecule is Cn1cc(-c2cnc3nnn(Cc4cn5ccnc5cn4)c3n2)cn1. The van der Waals surface area contributed by atoms with Gasteiger partial charge in [-0.25, -0.2) is 19.6 Å². The number of nitrogens with zero attached hydrogens (tertiary/aromatic N) is 10. The molecular weight excluding hydrogens is 320 g/mol. The van der Waals surface area contributed by atoms with Crippen LogP contribution < -0.4 is 0 Å². The summed E-state index contributed by atoms with van der Waals surface area (Å²) in [5, 5.41) is 12.4. The molecule has 0 amide bonds. The number of imidazole rings is 1. The van der Waals surface area contributed by atoms with E-state index >= 15 is 0 Å². The average molecular weight is 332 g/mol. The van der Waals surface area contributed by atoms with Crippen LogP contribution in [0.15, 0.2) is 43.4 Å². The van der Waals surface area contributed by atoms with Crippen molar-refractivity contribution < 1.29 is 0 Å². The minimum absolute atomic E-state index is 0.440. The lowest BCUT2D eigenvalue weighted by molar-refractivity contribution is 0.650. The van der Waals surface area contributed by atoms with Gasteiger partial charge < -0.3 is 4.40 Å². The fourth-order valence-corrected chi connectivity index (χ4v) is 2.66. The van der Waals surface area contributed by atoms with Crippen molar-refractivity contribution in [1.29, 1.82) is 0 Å². The highest BCUT2D eigenvalue weighted by Gasteiger charge is 2.12. The molecule has 0 atom stereocenters. The summed E-state index contributed by atoms with van der Waals surface area (Å²) in [4.78, 5) is 17.6. The van der Waals surface area contributed by atoms with E-state index in [4.69, 9.17) is 0 Å². The Morgan fingerprint density at radius 1 is 1.04 bits per heavy atom. The molecule has 10 heteroatoms. The molecule has 5 rings (SSSR count). The van der Waals surface area contributed by atoms with E-state index in [0.29, 0.717) is 17.8 Å². The van der Waals surface area contributed by atoms with E-state index in [1.807, 2.05) is 30.0 Å². The van der Waals surface area contributed by atoms with Crippen LogP contribution in [-0.4, -0.2) is 49.1 Å². The van der Waals surface area contributed by atoms with Gasteiger partial charge in [-0.1, -0.05) is 5.21 Å². The largest absolute Gasteiger partial charge is 0.304 e. The van der Waals surface area contributed by atoms with Crippen LogP contribution in [0, 0.1) is 0 Å². The Hall–Kier alpha value is -3.69. The molecule has 0 aromatic carbocycles. The normalized spacial score (nSPS) is 11.6. The third kappa shape index (κ3) is 2.31. The standard InChI is InChI=1S/C15H12N10/c1-23-7-10(4-19-23)12-5-18-14-15(20-12)25(22-21-14)9-11-8-24-3-2-16-13(24)6-17-11/h2-8H,9H2,1H3. The molecule has 0 saturated carbocycles. The minimum Gasteiger partial charge on any atom is -0.304 e. The van der Waals surface area contributed by atoms with Crippen molar-refractivity contribution in [2.24, 2.45) is 7.05 Å². The summed E-state index contributed by atoms with van der Waals surface area (Å²) in [6.45, 7) is 0.440. The number of fused-ring (bicyclic) bond motifs is 2. The third-order valence-electron chi connectivity index (χ3n) is 3.87. The number of hydrogen-bond acceptors (Lipinski definition) is 7. The van der Waals surface area contributed by atoms with Crippen molar-refractivity contribution in [1.82, 2.24) is 49.1 Å². The van der Waals surface area contributed by atoms with E-state index in [0.717, 1.165) is 22.6 Å². The Labute approximate surface area is 140 Å². The number of aryl methyl sites for hydroxylation is 1. The average Bonchev–Trinajstić information content (AvgIpc) is 3.34. The van der Waals surface area contributed by atoms with Crippen LogP contribution in [0.3, 0.4) is 0 Å². The Morgan fingerprint density at radius 2 is 2.00 bits per heavy atom. The summed E-state index contributed by atoms with van der Waals surface area (Å²) in [6, 6.07) is 0. The van der Waals surface area contributed by atoms with Gasteiger partial charge in [0.05, 0.1) is 36.5 Å². The van der Waals surface area contributed by atoms with Gasteiger partial charge in [-0.2, -0.15) is 5.10 Å². The highest BCUT2D eigenvalue weighted by molar-refractivity contribution is 5.69. The van der Waals surface area contributed by atoms with Crippen LogP contribution >= 0.6 is 0 Å². The molecule has 0 N–H and O–H groups in total. The molecule has 0 unspecified atom stereocenters. The molecule has 25 heavy (non-hydrogen) atoms. The molecule has 122 valence electrons. The number of aromatic nitrogens is 10. The second-order valence-electron chi connectivity index (χ2n) is 5.62. The zero-order chi connectivity index (χ0) is 16.8. The smallest absolute Gasteiger partial charge is 0.221 e. The molecule has 5 aromatic rings. The zero-order valence-electron chi connectivity index (χ0n) is 13.2. The van der Waals surface area contributed by atoms with Gasteiger partial charge in [0, 0.05) is 37.4 Å². The van der Waals surface area contributed by atoms with Crippen LogP contribution in [-0.2, 0) is 13.6 Å². The molecule has 0 aliphatic carbocycles. The predicted molar refractivity (Wildman–Crippen MR) is 87.4 cm³/mol. The Bertz CT molecular complexity index is 1200. The maximum Gasteiger partial charge on any atom is 0.221 e. The fourth-order valence-electron chi connectivity index (χ4n) is 2.66. The van der Waals surface area contributed by atoms with Gasteiger partial charge in [0.1, 0.15) is 0 Å². The van der Waals surface area contributed by atoms with Crippen molar-refractivity contribution in [2.45, 2.75) is 6.54 Å². The van der Waals surface area contributed by atoms with Crippen LogP contribution in [0.2, 0.25) is 0 Å². The lowest BCUT2D eigenvalue weighted by Gasteiger charge is -2.03. The van der Waals surface area contributed by atoms with E-state index in [1.165, 1.54) is 0 Å². The van der Waals surface area contributed by atoms with Crippen LogP contribution in [0.1, 0.15) is 5.69 Å². The van der Waals surface area contributed by atoms with E-state index in [-0.39, 0.29) is 0 Å². The van der Waals surface area contributed by atoms with E-state index in [2.05, 4.69) is 35.3 Å². The first-order valence-corrected chi connectivity index (χ1v) is 7.59. The maximum absolute atomic E-state index is 4.64. The quantitative estimate of drug-likeness (QED) is 0.479. The van der Waals surface area contributed by atoms with Gasteiger partial charge in [0.2, 0.25) is 5.65 Å². The first-order valence-electron chi connectivity index (χ1n) is 7.59. The van der Waals surface area contributed by atoms with Gasteiger partial charge in [0.15, 0.2) is 11.3 Å². The Balaban J connectivity index is 1.56. The zero-order valence-corrected chi connectivity index (χ0v) is 13.2. The van der Waals surface area contributed by atoms with Crippen molar-refractivity contribution >= 4 is 16.9 Å². The fraction of sp³-hybridized carbons (Fsp3) is 0.133. The highest BCUT2D eigenvalue weighted by Crippen LogP contribution is 2.17. The molecule has 0 saturated heterocycles. The Morgan fingerprint density at radius 3 is 2.88 bits per heavy atom. The van der Waals surface area contributed by atoms with Gasteiger partial charge in [0.25, 0.3) is 0 Å². The lowest BCUT2D eigenvalue weighted by atomic mass is 10.3. The maximum atomic E-state index is 4.64. The van der Waals surface area contributed by atoms with Crippen molar-refractivity contribution in [2.75, 3.05) is 0 Å². The lowest BCUT2D eigenvalue weighted by Crippen LogP contribution is -2.06. The molecule has 0 fully saturated rings. The minimum atomic E-state index is 0.440. The molecule has 5 aromatic heterocycles. The molecule has 5 heterocycles. The van der Waals surface area contributed by atoms with Crippen molar-refractivity contribution in [3.8, 4) is 11.3 Å². The molecule has 0 radical (unpaired) electrons. The van der Waals surface area contributed by atoms with Gasteiger partial charge >= 0.3 is 0 Å². The van der Waals surface area contributed by atoms with Crippen LogP contribution in [0.25, 0.3) is 28.2 Å². The first-order chi connectivity index (χ1) is 12.3. The summed E-state index contributed by atoms with van der Waals surface area (Å²) in [5.74, 6) is 0. The van der Waals surface area contributed by atoms with E-state index in [9.17, 15) is 0 Å².